The van der Waals surface area contributed by atoms with Crippen molar-refractivity contribution in [3.63, 3.8) is 0 Å². The number of hydrogen-bond acceptors (Lipinski definition) is 5. The summed E-state index contributed by atoms with van der Waals surface area (Å²) < 4.78 is 7.01. The summed E-state index contributed by atoms with van der Waals surface area (Å²) in [4.78, 5) is 14.8. The Balaban J connectivity index is 1.48. The molecule has 140 valence electrons. The molecular formula is C19H20ClN5O2. The van der Waals surface area contributed by atoms with Gasteiger partial charge in [-0.05, 0) is 49.2 Å². The molecule has 1 amide bonds. The van der Waals surface area contributed by atoms with Gasteiger partial charge in [-0.2, -0.15) is 0 Å². The lowest BCUT2D eigenvalue weighted by molar-refractivity contribution is -0.120. The second-order valence-corrected chi connectivity index (χ2v) is 7.01. The van der Waals surface area contributed by atoms with Crippen molar-refractivity contribution in [2.24, 2.45) is 5.92 Å². The maximum Gasteiger partial charge on any atom is 0.231 e. The van der Waals surface area contributed by atoms with Crippen LogP contribution in [0.5, 0.6) is 5.75 Å². The highest BCUT2D eigenvalue weighted by Crippen LogP contribution is 2.25. The Labute approximate surface area is 161 Å². The van der Waals surface area contributed by atoms with Gasteiger partial charge in [0.2, 0.25) is 11.9 Å². The van der Waals surface area contributed by atoms with Crippen molar-refractivity contribution in [2.45, 2.75) is 12.8 Å². The quantitative estimate of drug-likeness (QED) is 0.746. The van der Waals surface area contributed by atoms with Gasteiger partial charge in [0.1, 0.15) is 5.75 Å². The van der Waals surface area contributed by atoms with Crippen LogP contribution >= 0.6 is 11.6 Å². The van der Waals surface area contributed by atoms with Crippen molar-refractivity contribution >= 4 is 34.8 Å². The molecule has 0 bridgehead atoms. The Hall–Kier alpha value is -2.80. The molecule has 1 aliphatic rings. The molecule has 8 heteroatoms. The average Bonchev–Trinajstić information content (AvgIpc) is 3.11. The smallest absolute Gasteiger partial charge is 0.231 e. The van der Waals surface area contributed by atoms with Crippen LogP contribution < -0.4 is 15.0 Å². The topological polar surface area (TPSA) is 71.8 Å². The monoisotopic (exact) mass is 385 g/mol. The number of carbonyl (C=O) groups is 1. The zero-order valence-electron chi connectivity index (χ0n) is 14.9. The third-order valence-corrected chi connectivity index (χ3v) is 5.00. The lowest BCUT2D eigenvalue weighted by Crippen LogP contribution is -2.41. The molecule has 7 nitrogen and oxygen atoms in total. The maximum absolute atomic E-state index is 12.7. The van der Waals surface area contributed by atoms with E-state index in [2.05, 4.69) is 20.4 Å². The zero-order chi connectivity index (χ0) is 18.8. The highest BCUT2D eigenvalue weighted by molar-refractivity contribution is 6.30. The molecule has 1 N–H and O–H groups in total. The van der Waals surface area contributed by atoms with Crippen LogP contribution in [0.3, 0.4) is 0 Å². The molecule has 1 aromatic carbocycles. The van der Waals surface area contributed by atoms with Gasteiger partial charge in [0.05, 0.1) is 18.1 Å². The number of halogens is 1. The fourth-order valence-electron chi connectivity index (χ4n) is 3.36. The Bertz CT molecular complexity index is 956. The molecule has 1 saturated heterocycles. The number of nitrogens with one attached hydrogen (secondary N) is 1. The van der Waals surface area contributed by atoms with Gasteiger partial charge in [0.15, 0.2) is 5.65 Å². The standard InChI is InChI=1S/C19H20ClN5O2/c1-27-16-7-5-15(6-8-16)21-18(26)13-3-2-10-24(11-13)19-23-22-17-9-4-14(20)12-25(17)19/h4-9,12-13H,2-3,10-11H2,1H3,(H,21,26). The van der Waals surface area contributed by atoms with Crippen molar-refractivity contribution in [2.75, 3.05) is 30.4 Å². The molecule has 27 heavy (non-hydrogen) atoms. The van der Waals surface area contributed by atoms with E-state index in [9.17, 15) is 4.79 Å². The zero-order valence-corrected chi connectivity index (χ0v) is 15.7. The normalized spacial score (nSPS) is 17.1. The first kappa shape index (κ1) is 17.6. The number of carbonyl (C=O) groups excluding carboxylic acids is 1. The van der Waals surface area contributed by atoms with Crippen LogP contribution in [0.15, 0.2) is 42.6 Å². The molecule has 0 radical (unpaired) electrons. The van der Waals surface area contributed by atoms with Crippen molar-refractivity contribution < 1.29 is 9.53 Å². The largest absolute Gasteiger partial charge is 0.497 e. The van der Waals surface area contributed by atoms with Crippen LogP contribution in [0.25, 0.3) is 5.65 Å². The number of rotatable bonds is 4. The molecule has 3 aromatic rings. The number of nitrogens with zero attached hydrogens (tertiary/aromatic N) is 4. The molecule has 1 aliphatic heterocycles. The van der Waals surface area contributed by atoms with E-state index in [4.69, 9.17) is 16.3 Å². The van der Waals surface area contributed by atoms with E-state index in [-0.39, 0.29) is 11.8 Å². The van der Waals surface area contributed by atoms with Crippen LogP contribution in [-0.4, -0.2) is 40.7 Å². The molecule has 3 heterocycles. The highest BCUT2D eigenvalue weighted by Gasteiger charge is 2.28. The summed E-state index contributed by atoms with van der Waals surface area (Å²) in [6, 6.07) is 11.0. The average molecular weight is 386 g/mol. The number of anilines is 2. The first-order valence-corrected chi connectivity index (χ1v) is 9.22. The van der Waals surface area contributed by atoms with E-state index in [0.29, 0.717) is 11.6 Å². The van der Waals surface area contributed by atoms with Gasteiger partial charge < -0.3 is 15.0 Å². The third-order valence-electron chi connectivity index (χ3n) is 4.78. The number of methoxy groups -OCH3 is 1. The summed E-state index contributed by atoms with van der Waals surface area (Å²) in [5.41, 5.74) is 1.50. The van der Waals surface area contributed by atoms with Crippen molar-refractivity contribution in [1.29, 1.82) is 0 Å². The lowest BCUT2D eigenvalue weighted by atomic mass is 9.97. The molecule has 4 rings (SSSR count). The first-order chi connectivity index (χ1) is 13.1. The van der Waals surface area contributed by atoms with Gasteiger partial charge in [-0.3, -0.25) is 9.20 Å². The van der Waals surface area contributed by atoms with Crippen molar-refractivity contribution in [3.05, 3.63) is 47.6 Å². The summed E-state index contributed by atoms with van der Waals surface area (Å²) in [5, 5.41) is 12.1. The minimum Gasteiger partial charge on any atom is -0.497 e. The van der Waals surface area contributed by atoms with Gasteiger partial charge in [-0.25, -0.2) is 0 Å². The molecule has 2 aromatic heterocycles. The summed E-state index contributed by atoms with van der Waals surface area (Å²) in [7, 11) is 1.62. The van der Waals surface area contributed by atoms with Gasteiger partial charge in [0.25, 0.3) is 0 Å². The Morgan fingerprint density at radius 3 is 2.81 bits per heavy atom. The maximum atomic E-state index is 12.7. The van der Waals surface area contributed by atoms with Crippen molar-refractivity contribution in [1.82, 2.24) is 14.6 Å². The fourth-order valence-corrected chi connectivity index (χ4v) is 3.52. The number of ether oxygens (including phenoxy) is 1. The predicted octanol–water partition coefficient (Wildman–Crippen LogP) is 3.25. The van der Waals surface area contributed by atoms with Gasteiger partial charge in [-0.15, -0.1) is 10.2 Å². The second kappa shape index (κ2) is 7.44. The van der Waals surface area contributed by atoms with E-state index < -0.39 is 0 Å². The molecule has 1 atom stereocenters. The molecule has 0 spiro atoms. The van der Waals surface area contributed by atoms with Crippen LogP contribution in [0.2, 0.25) is 5.02 Å². The van der Waals surface area contributed by atoms with Gasteiger partial charge in [0, 0.05) is 25.0 Å². The Morgan fingerprint density at radius 2 is 2.04 bits per heavy atom. The molecule has 0 aliphatic carbocycles. The number of aromatic nitrogens is 3. The highest BCUT2D eigenvalue weighted by atomic mass is 35.5. The fraction of sp³-hybridized carbons (Fsp3) is 0.316. The molecule has 1 unspecified atom stereocenters. The molecule has 0 saturated carbocycles. The lowest BCUT2D eigenvalue weighted by Gasteiger charge is -2.32. The van der Waals surface area contributed by atoms with Gasteiger partial charge in [-0.1, -0.05) is 11.6 Å². The second-order valence-electron chi connectivity index (χ2n) is 6.58. The van der Waals surface area contributed by atoms with Crippen LogP contribution in [0.1, 0.15) is 12.8 Å². The number of piperidine rings is 1. The number of pyridine rings is 1. The van der Waals surface area contributed by atoms with Crippen LogP contribution in [0.4, 0.5) is 11.6 Å². The third kappa shape index (κ3) is 3.68. The van der Waals surface area contributed by atoms with Crippen LogP contribution in [-0.2, 0) is 4.79 Å². The van der Waals surface area contributed by atoms with Crippen molar-refractivity contribution in [3.8, 4) is 5.75 Å². The van der Waals surface area contributed by atoms with E-state index >= 15 is 0 Å². The Morgan fingerprint density at radius 1 is 1.22 bits per heavy atom. The number of amides is 1. The minimum absolute atomic E-state index is 0.0109. The minimum atomic E-state index is -0.118. The Kier molecular flexibility index (Phi) is 4.85. The number of fused-ring (bicyclic) bond motifs is 1. The number of hydrogen-bond donors (Lipinski definition) is 1. The molecular weight excluding hydrogens is 366 g/mol. The van der Waals surface area contributed by atoms with E-state index in [1.54, 1.807) is 19.4 Å². The van der Waals surface area contributed by atoms with E-state index in [1.807, 2.05) is 34.7 Å². The van der Waals surface area contributed by atoms with E-state index in [0.717, 1.165) is 42.4 Å². The summed E-state index contributed by atoms with van der Waals surface area (Å²) in [6.45, 7) is 1.43. The van der Waals surface area contributed by atoms with Gasteiger partial charge >= 0.3 is 0 Å². The SMILES string of the molecule is COc1ccc(NC(=O)C2CCCN(c3nnc4ccc(Cl)cn34)C2)cc1. The summed E-state index contributed by atoms with van der Waals surface area (Å²) in [5.74, 6) is 1.37. The number of benzene rings is 1. The van der Waals surface area contributed by atoms with E-state index in [1.165, 1.54) is 0 Å². The summed E-state index contributed by atoms with van der Waals surface area (Å²) in [6.07, 6.45) is 3.55. The van der Waals surface area contributed by atoms with Crippen LogP contribution in [0, 0.1) is 5.92 Å². The first-order valence-electron chi connectivity index (χ1n) is 8.84. The molecule has 1 fully saturated rings. The predicted molar refractivity (Wildman–Crippen MR) is 105 cm³/mol. The summed E-state index contributed by atoms with van der Waals surface area (Å²) >= 11 is 6.11.